The van der Waals surface area contributed by atoms with Crippen molar-refractivity contribution in [3.8, 4) is 0 Å². The molecule has 0 bridgehead atoms. The van der Waals surface area contributed by atoms with E-state index >= 15 is 0 Å². The molecule has 0 aromatic heterocycles. The SMILES string of the molecule is Cc1ccc(C(C(=S)Cl)C(C)C)cc1. The van der Waals surface area contributed by atoms with Gasteiger partial charge in [0, 0.05) is 5.92 Å². The minimum Gasteiger partial charge on any atom is -0.0758 e. The normalized spacial score (nSPS) is 12.9. The molecule has 0 nitrogen and oxygen atoms in total. The maximum absolute atomic E-state index is 5.94. The number of thiocarbonyl (C=S) groups is 1. The Bertz CT molecular complexity index is 314. The van der Waals surface area contributed by atoms with Gasteiger partial charge in [-0.15, -0.1) is 0 Å². The lowest BCUT2D eigenvalue weighted by Gasteiger charge is -2.18. The van der Waals surface area contributed by atoms with Crippen LogP contribution in [-0.2, 0) is 0 Å². The quantitative estimate of drug-likeness (QED) is 0.547. The van der Waals surface area contributed by atoms with E-state index in [-0.39, 0.29) is 5.92 Å². The second-order valence-corrected chi connectivity index (χ2v) is 5.01. The second-order valence-electron chi connectivity index (χ2n) is 3.94. The first-order valence-electron chi connectivity index (χ1n) is 4.78. The van der Waals surface area contributed by atoms with Crippen LogP contribution in [0.4, 0.5) is 0 Å². The van der Waals surface area contributed by atoms with Crippen LogP contribution in [0.5, 0.6) is 0 Å². The van der Waals surface area contributed by atoms with E-state index in [2.05, 4.69) is 45.0 Å². The topological polar surface area (TPSA) is 0 Å². The van der Waals surface area contributed by atoms with Gasteiger partial charge >= 0.3 is 0 Å². The summed E-state index contributed by atoms with van der Waals surface area (Å²) in [5.41, 5.74) is 2.47. The van der Waals surface area contributed by atoms with Crippen molar-refractivity contribution in [2.45, 2.75) is 26.7 Å². The molecule has 0 radical (unpaired) electrons. The standard InChI is InChI=1S/C12H15ClS/c1-8(2)11(12(13)14)10-6-4-9(3)5-7-10/h4-8,11H,1-3H3. The molecule has 0 saturated carbocycles. The molecule has 0 aliphatic heterocycles. The molecule has 14 heavy (non-hydrogen) atoms. The van der Waals surface area contributed by atoms with Crippen molar-refractivity contribution < 1.29 is 0 Å². The van der Waals surface area contributed by atoms with Crippen molar-refractivity contribution in [3.05, 3.63) is 35.4 Å². The third kappa shape index (κ3) is 2.79. The van der Waals surface area contributed by atoms with Gasteiger partial charge in [-0.1, -0.05) is 67.5 Å². The molecule has 1 rings (SSSR count). The minimum absolute atomic E-state index is 0.187. The molecule has 0 spiro atoms. The van der Waals surface area contributed by atoms with Gasteiger partial charge in [0.25, 0.3) is 0 Å². The largest absolute Gasteiger partial charge is 0.0885 e. The zero-order valence-corrected chi connectivity index (χ0v) is 10.3. The Morgan fingerprint density at radius 2 is 1.71 bits per heavy atom. The van der Waals surface area contributed by atoms with E-state index in [9.17, 15) is 0 Å². The highest BCUT2D eigenvalue weighted by Crippen LogP contribution is 2.27. The molecule has 1 atom stereocenters. The van der Waals surface area contributed by atoms with E-state index in [1.807, 2.05) is 0 Å². The van der Waals surface area contributed by atoms with Crippen LogP contribution in [0, 0.1) is 12.8 Å². The molecule has 76 valence electrons. The van der Waals surface area contributed by atoms with Gasteiger partial charge in [-0.05, 0) is 18.4 Å². The second kappa shape index (κ2) is 4.90. The molecule has 1 aromatic rings. The van der Waals surface area contributed by atoms with Crippen molar-refractivity contribution in [1.29, 1.82) is 0 Å². The van der Waals surface area contributed by atoms with Gasteiger partial charge in [-0.25, -0.2) is 0 Å². The molecule has 0 aliphatic rings. The maximum Gasteiger partial charge on any atom is 0.0885 e. The Morgan fingerprint density at radius 3 is 2.07 bits per heavy atom. The zero-order valence-electron chi connectivity index (χ0n) is 8.75. The fourth-order valence-electron chi connectivity index (χ4n) is 1.55. The first-order chi connectivity index (χ1) is 6.52. The number of hydrogen-bond acceptors (Lipinski definition) is 1. The summed E-state index contributed by atoms with van der Waals surface area (Å²) in [4.78, 5) is 0. The van der Waals surface area contributed by atoms with Crippen LogP contribution in [0.2, 0.25) is 0 Å². The predicted molar refractivity (Wildman–Crippen MR) is 67.2 cm³/mol. The van der Waals surface area contributed by atoms with E-state index in [0.29, 0.717) is 10.2 Å². The maximum atomic E-state index is 5.94. The van der Waals surface area contributed by atoms with E-state index in [0.717, 1.165) is 0 Å². The van der Waals surface area contributed by atoms with Crippen molar-refractivity contribution in [2.24, 2.45) is 5.92 Å². The van der Waals surface area contributed by atoms with Gasteiger partial charge in [-0.3, -0.25) is 0 Å². The fraction of sp³-hybridized carbons (Fsp3) is 0.417. The van der Waals surface area contributed by atoms with Gasteiger partial charge in [0.2, 0.25) is 0 Å². The summed E-state index contributed by atoms with van der Waals surface area (Å²) in [7, 11) is 0. The zero-order chi connectivity index (χ0) is 10.7. The van der Waals surface area contributed by atoms with Gasteiger partial charge < -0.3 is 0 Å². The average Bonchev–Trinajstić information content (AvgIpc) is 2.07. The highest BCUT2D eigenvalue weighted by molar-refractivity contribution is 7.83. The molecule has 0 heterocycles. The smallest absolute Gasteiger partial charge is 0.0758 e. The number of rotatable bonds is 3. The van der Waals surface area contributed by atoms with Gasteiger partial charge in [0.1, 0.15) is 0 Å². The molecule has 0 N–H and O–H groups in total. The molecule has 0 fully saturated rings. The first-order valence-corrected chi connectivity index (χ1v) is 5.57. The first kappa shape index (κ1) is 11.7. The van der Waals surface area contributed by atoms with Crippen LogP contribution in [0.3, 0.4) is 0 Å². The fourth-order valence-corrected chi connectivity index (χ4v) is 2.34. The minimum atomic E-state index is 0.187. The van der Waals surface area contributed by atoms with E-state index in [1.54, 1.807) is 0 Å². The Labute approximate surface area is 96.3 Å². The average molecular weight is 227 g/mol. The predicted octanol–water partition coefficient (Wildman–Crippen LogP) is 4.30. The Hall–Kier alpha value is -0.400. The lowest BCUT2D eigenvalue weighted by atomic mass is 9.90. The number of benzene rings is 1. The van der Waals surface area contributed by atoms with Crippen LogP contribution in [-0.4, -0.2) is 4.32 Å². The molecular formula is C12H15ClS. The van der Waals surface area contributed by atoms with E-state index < -0.39 is 0 Å². The van der Waals surface area contributed by atoms with Crippen molar-refractivity contribution in [1.82, 2.24) is 0 Å². The highest BCUT2D eigenvalue weighted by Gasteiger charge is 2.18. The van der Waals surface area contributed by atoms with Crippen molar-refractivity contribution >= 4 is 28.1 Å². The lowest BCUT2D eigenvalue weighted by molar-refractivity contribution is 0.611. The monoisotopic (exact) mass is 226 g/mol. The van der Waals surface area contributed by atoms with Crippen molar-refractivity contribution in [3.63, 3.8) is 0 Å². The molecule has 0 amide bonds. The summed E-state index contributed by atoms with van der Waals surface area (Å²) in [5.74, 6) is 0.634. The number of aryl methyl sites for hydroxylation is 1. The van der Waals surface area contributed by atoms with Crippen molar-refractivity contribution in [2.75, 3.05) is 0 Å². The summed E-state index contributed by atoms with van der Waals surface area (Å²) >= 11 is 11.0. The van der Waals surface area contributed by atoms with E-state index in [1.165, 1.54) is 11.1 Å². The van der Waals surface area contributed by atoms with Gasteiger partial charge in [0.15, 0.2) is 0 Å². The van der Waals surface area contributed by atoms with Crippen LogP contribution in [0.15, 0.2) is 24.3 Å². The van der Waals surface area contributed by atoms with Crippen LogP contribution >= 0.6 is 23.8 Å². The molecule has 1 aromatic carbocycles. The number of hydrogen-bond donors (Lipinski definition) is 0. The van der Waals surface area contributed by atoms with Gasteiger partial charge in [-0.2, -0.15) is 0 Å². The summed E-state index contributed by atoms with van der Waals surface area (Å²) in [6.07, 6.45) is 0. The molecular weight excluding hydrogens is 212 g/mol. The summed E-state index contributed by atoms with van der Waals surface area (Å²) < 4.78 is 0.559. The molecule has 0 aliphatic carbocycles. The molecule has 1 unspecified atom stereocenters. The summed E-state index contributed by atoms with van der Waals surface area (Å²) in [6.45, 7) is 6.35. The van der Waals surface area contributed by atoms with Crippen LogP contribution in [0.1, 0.15) is 30.9 Å². The summed E-state index contributed by atoms with van der Waals surface area (Å²) in [6, 6.07) is 8.41. The highest BCUT2D eigenvalue weighted by atomic mass is 35.5. The summed E-state index contributed by atoms with van der Waals surface area (Å²) in [5, 5.41) is 0. The third-order valence-corrected chi connectivity index (χ3v) is 2.84. The van der Waals surface area contributed by atoms with Gasteiger partial charge in [0.05, 0.1) is 4.32 Å². The number of halogens is 1. The Morgan fingerprint density at radius 1 is 1.21 bits per heavy atom. The lowest BCUT2D eigenvalue weighted by Crippen LogP contribution is -2.11. The van der Waals surface area contributed by atoms with E-state index in [4.69, 9.17) is 23.8 Å². The Balaban J connectivity index is 3.00. The molecule has 0 saturated heterocycles. The Kier molecular flexibility index (Phi) is 4.09. The third-order valence-electron chi connectivity index (χ3n) is 2.35. The molecule has 2 heteroatoms. The van der Waals surface area contributed by atoms with Crippen LogP contribution in [0.25, 0.3) is 0 Å². The van der Waals surface area contributed by atoms with Crippen LogP contribution < -0.4 is 0 Å².